The molecular weight excluding hydrogens is 628 g/mol. The van der Waals surface area contributed by atoms with Crippen molar-refractivity contribution in [3.05, 3.63) is 33.4 Å². The zero-order valence-electron chi connectivity index (χ0n) is 25.7. The maximum Gasteiger partial charge on any atom is 0.280 e. The maximum atomic E-state index is 12.2. The number of hydrogen-bond acceptors (Lipinski definition) is 16. The van der Waals surface area contributed by atoms with E-state index < -0.39 is 66.8 Å². The highest BCUT2D eigenvalue weighted by molar-refractivity contribution is 5.91. The molecule has 0 saturated carbocycles. The van der Waals surface area contributed by atoms with E-state index in [2.05, 4.69) is 35.2 Å². The van der Waals surface area contributed by atoms with Gasteiger partial charge < -0.3 is 45.1 Å². The summed E-state index contributed by atoms with van der Waals surface area (Å²) in [4.78, 5) is 56.9. The first-order valence-corrected chi connectivity index (χ1v) is 14.4. The fourth-order valence-corrected chi connectivity index (χ4v) is 5.26. The Bertz CT molecular complexity index is 1840. The van der Waals surface area contributed by atoms with E-state index in [1.165, 1.54) is 36.0 Å². The Morgan fingerprint density at radius 3 is 1.83 bits per heavy atom. The Labute approximate surface area is 264 Å². The van der Waals surface area contributed by atoms with Gasteiger partial charge in [0.1, 0.15) is 36.6 Å². The number of imidazole rings is 2. The van der Waals surface area contributed by atoms with E-state index in [4.69, 9.17) is 24.7 Å². The number of anilines is 2. The van der Waals surface area contributed by atoms with Gasteiger partial charge in [-0.1, -0.05) is 13.8 Å². The summed E-state index contributed by atoms with van der Waals surface area (Å²) in [5.74, 6) is -0.673. The third-order valence-electron chi connectivity index (χ3n) is 7.73. The third kappa shape index (κ3) is 6.34. The minimum Gasteiger partial charge on any atom is -0.394 e. The van der Waals surface area contributed by atoms with Crippen molar-refractivity contribution in [2.45, 2.75) is 62.9 Å². The predicted octanol–water partition coefficient (Wildman–Crippen LogP) is -3.05. The number of nitrogens with one attached hydrogen (secondary N) is 3. The van der Waals surface area contributed by atoms with Crippen LogP contribution in [0.15, 0.2) is 22.2 Å². The summed E-state index contributed by atoms with van der Waals surface area (Å²) in [5, 5.41) is 41.3. The molecule has 2 saturated heterocycles. The number of aromatic amines is 2. The van der Waals surface area contributed by atoms with Gasteiger partial charge in [-0.2, -0.15) is 9.97 Å². The van der Waals surface area contributed by atoms with Crippen LogP contribution in [0, 0.1) is 5.92 Å². The molecule has 1 amide bonds. The van der Waals surface area contributed by atoms with Crippen LogP contribution in [-0.2, 0) is 23.7 Å². The van der Waals surface area contributed by atoms with Crippen molar-refractivity contribution in [1.29, 1.82) is 0 Å². The van der Waals surface area contributed by atoms with Crippen LogP contribution in [0.3, 0.4) is 0 Å². The Balaban J connectivity index is 0.000000189. The molecule has 0 aliphatic carbocycles. The van der Waals surface area contributed by atoms with Crippen LogP contribution < -0.4 is 22.2 Å². The van der Waals surface area contributed by atoms with Crippen molar-refractivity contribution in [3.8, 4) is 0 Å². The van der Waals surface area contributed by atoms with Gasteiger partial charge in [-0.3, -0.25) is 38.8 Å². The lowest BCUT2D eigenvalue weighted by Crippen LogP contribution is -2.34. The van der Waals surface area contributed by atoms with Gasteiger partial charge in [0, 0.05) is 20.1 Å². The summed E-state index contributed by atoms with van der Waals surface area (Å²) in [7, 11) is 2.81. The van der Waals surface area contributed by atoms with Crippen molar-refractivity contribution < 1.29 is 44.2 Å². The molecule has 6 heterocycles. The summed E-state index contributed by atoms with van der Waals surface area (Å²) in [6, 6.07) is 0. The van der Waals surface area contributed by atoms with Crippen LogP contribution in [-0.4, -0.2) is 129 Å². The topological polar surface area (TPSA) is 300 Å². The molecule has 0 unspecified atom stereocenters. The first-order valence-electron chi connectivity index (χ1n) is 14.4. The second kappa shape index (κ2) is 13.8. The van der Waals surface area contributed by atoms with Gasteiger partial charge in [0.25, 0.3) is 11.1 Å². The van der Waals surface area contributed by atoms with Gasteiger partial charge >= 0.3 is 0 Å². The number of fused-ring (bicyclic) bond motifs is 2. The summed E-state index contributed by atoms with van der Waals surface area (Å²) in [5.41, 5.74) is 5.06. The SMILES string of the molecule is CO[C@@H]1[C@H](O)[C@@H](CO)O[C@H]1n1cnc2c(=O)[nH]c(N)nc21.CO[C@@H]1[C@H](O)[C@@H](CO)O[C@H]1n1cnc2c(=O)[nH]c(NC(=O)C(C)C)nc21. The molecule has 2 aliphatic rings. The molecule has 0 aromatic carbocycles. The van der Waals surface area contributed by atoms with Crippen LogP contribution >= 0.6 is 0 Å². The van der Waals surface area contributed by atoms with E-state index in [0.717, 1.165) is 0 Å². The zero-order chi connectivity index (χ0) is 34.2. The first-order chi connectivity index (χ1) is 22.4. The van der Waals surface area contributed by atoms with Crippen molar-refractivity contribution >= 4 is 40.1 Å². The number of H-pyrrole nitrogens is 2. The molecule has 47 heavy (non-hydrogen) atoms. The number of carbonyl (C=O) groups is 1. The van der Waals surface area contributed by atoms with Crippen molar-refractivity contribution in [2.75, 3.05) is 38.5 Å². The van der Waals surface area contributed by atoms with Crippen LogP contribution in [0.1, 0.15) is 26.3 Å². The number of nitrogens with zero attached hydrogens (tertiary/aromatic N) is 6. The Morgan fingerprint density at radius 1 is 0.915 bits per heavy atom. The molecule has 9 N–H and O–H groups in total. The van der Waals surface area contributed by atoms with Gasteiger partial charge in [-0.25, -0.2) is 9.97 Å². The number of nitrogen functional groups attached to an aromatic ring is 1. The highest BCUT2D eigenvalue weighted by Gasteiger charge is 2.46. The number of amides is 1. The average molecular weight is 665 g/mol. The van der Waals surface area contributed by atoms with E-state index in [1.807, 2.05) is 0 Å². The lowest BCUT2D eigenvalue weighted by Gasteiger charge is -2.20. The number of aromatic nitrogens is 8. The van der Waals surface area contributed by atoms with Gasteiger partial charge in [0.15, 0.2) is 34.8 Å². The van der Waals surface area contributed by atoms with Crippen molar-refractivity contribution in [1.82, 2.24) is 39.0 Å². The largest absolute Gasteiger partial charge is 0.394 e. The second-order valence-corrected chi connectivity index (χ2v) is 11.0. The van der Waals surface area contributed by atoms with Crippen LogP contribution in [0.25, 0.3) is 22.3 Å². The summed E-state index contributed by atoms with van der Waals surface area (Å²) >= 11 is 0. The highest BCUT2D eigenvalue weighted by Crippen LogP contribution is 2.34. The molecule has 21 heteroatoms. The molecule has 6 rings (SSSR count). The number of hydrogen-bond donors (Lipinski definition) is 8. The molecule has 256 valence electrons. The van der Waals surface area contributed by atoms with E-state index >= 15 is 0 Å². The molecule has 0 bridgehead atoms. The molecule has 8 atom stereocenters. The summed E-state index contributed by atoms with van der Waals surface area (Å²) < 4.78 is 24.6. The molecule has 21 nitrogen and oxygen atoms in total. The number of aliphatic hydroxyl groups is 4. The number of rotatable bonds is 8. The number of nitrogens with two attached hydrogens (primary N) is 1. The van der Waals surface area contributed by atoms with Crippen LogP contribution in [0.4, 0.5) is 11.9 Å². The lowest BCUT2D eigenvalue weighted by molar-refractivity contribution is -0.118. The summed E-state index contributed by atoms with van der Waals surface area (Å²) in [6.45, 7) is 2.67. The van der Waals surface area contributed by atoms with Crippen molar-refractivity contribution in [2.24, 2.45) is 5.92 Å². The number of methoxy groups -OCH3 is 2. The van der Waals surface area contributed by atoms with Gasteiger partial charge in [0.2, 0.25) is 17.8 Å². The predicted molar refractivity (Wildman–Crippen MR) is 160 cm³/mol. The Morgan fingerprint density at radius 2 is 1.38 bits per heavy atom. The third-order valence-corrected chi connectivity index (χ3v) is 7.73. The minimum absolute atomic E-state index is 0.0193. The van der Waals surface area contributed by atoms with E-state index in [1.54, 1.807) is 13.8 Å². The van der Waals surface area contributed by atoms with E-state index in [-0.39, 0.29) is 52.7 Å². The number of carbonyl (C=O) groups excluding carboxylic acids is 1. The molecule has 0 spiro atoms. The molecule has 2 fully saturated rings. The van der Waals surface area contributed by atoms with E-state index in [9.17, 15) is 34.8 Å². The Kier molecular flexibility index (Phi) is 9.97. The number of ether oxygens (including phenoxy) is 4. The molecule has 2 aliphatic heterocycles. The fourth-order valence-electron chi connectivity index (χ4n) is 5.26. The average Bonchev–Trinajstić information content (AvgIpc) is 3.80. The normalized spacial score (nSPS) is 27.4. The van der Waals surface area contributed by atoms with Crippen molar-refractivity contribution in [3.63, 3.8) is 0 Å². The fraction of sp³-hybridized carbons (Fsp3) is 0.577. The maximum absolute atomic E-state index is 12.2. The molecule has 4 aromatic heterocycles. The van der Waals surface area contributed by atoms with Gasteiger partial charge in [0.05, 0.1) is 25.9 Å². The Hall–Kier alpha value is -4.35. The number of aliphatic hydroxyl groups excluding tert-OH is 4. The second-order valence-electron chi connectivity index (χ2n) is 11.0. The molecular formula is C26H36N10O11. The standard InChI is InChI=1S/C15H21N5O6.C11H15N5O5/c1-6(2)12(23)18-15-17-11-8(13(24)19-15)16-5-20(11)14-10(25-3)9(22)7(4-21)26-14;1-20-7-6(18)4(2-17)21-10(7)16-3-13-5-8(16)14-11(12)15-9(5)19/h5-7,9-10,14,21-22H,4H2,1-3H3,(H2,17,18,19,23,24);3-4,6-7,10,17-18H,2H2,1H3,(H3,12,14,15,19)/t7-,9-,10-,14-;4-,6-,7-,10-/m11/s1. The lowest BCUT2D eigenvalue weighted by atomic mass is 10.1. The monoisotopic (exact) mass is 664 g/mol. The van der Waals surface area contributed by atoms with Gasteiger partial charge in [-0.15, -0.1) is 0 Å². The molecule has 0 radical (unpaired) electrons. The zero-order valence-corrected chi connectivity index (χ0v) is 25.7. The van der Waals surface area contributed by atoms with Crippen LogP contribution in [0.5, 0.6) is 0 Å². The van der Waals surface area contributed by atoms with E-state index in [0.29, 0.717) is 0 Å². The first kappa shape index (κ1) is 34.0. The molecule has 4 aromatic rings. The van der Waals surface area contributed by atoms with Gasteiger partial charge in [-0.05, 0) is 0 Å². The minimum atomic E-state index is -1.06. The highest BCUT2D eigenvalue weighted by atomic mass is 16.6. The smallest absolute Gasteiger partial charge is 0.280 e. The quantitative estimate of drug-likeness (QED) is 0.0927. The van der Waals surface area contributed by atoms with Crippen LogP contribution in [0.2, 0.25) is 0 Å². The summed E-state index contributed by atoms with van der Waals surface area (Å²) in [6.07, 6.45) is -4.17.